The van der Waals surface area contributed by atoms with E-state index in [2.05, 4.69) is 0 Å². The van der Waals surface area contributed by atoms with Gasteiger partial charge in [0.1, 0.15) is 0 Å². The van der Waals surface area contributed by atoms with Gasteiger partial charge in [0.2, 0.25) is 0 Å². The van der Waals surface area contributed by atoms with Gasteiger partial charge in [-0.3, -0.25) is 0 Å². The molecule has 0 amide bonds. The van der Waals surface area contributed by atoms with E-state index in [4.69, 9.17) is 9.59 Å². The summed E-state index contributed by atoms with van der Waals surface area (Å²) >= 11 is -1.39. The molecule has 0 aromatic heterocycles. The molecule has 0 spiro atoms. The van der Waals surface area contributed by atoms with Gasteiger partial charge in [-0.05, 0) is 0 Å². The Bertz CT molecular complexity index is 99.6. The van der Waals surface area contributed by atoms with Crippen molar-refractivity contribution in [1.82, 2.24) is 0 Å². The van der Waals surface area contributed by atoms with Crippen molar-refractivity contribution in [2.45, 2.75) is 0 Å². The fourth-order valence-corrected chi connectivity index (χ4v) is 0.140. The van der Waals surface area contributed by atoms with Gasteiger partial charge in [-0.1, -0.05) is 0 Å². The molecule has 0 aromatic rings. The molecule has 0 bridgehead atoms. The molecule has 24 valence electrons. The molecule has 0 aliphatic rings. The van der Waals surface area contributed by atoms with Crippen molar-refractivity contribution in [1.29, 1.82) is 0 Å². The average Bonchev–Trinajstić information content (AvgIpc) is 1.41. The maximum absolute atomic E-state index is 9.09. The molecule has 0 aromatic carbocycles. The van der Waals surface area contributed by atoms with Crippen LogP contribution >= 0.6 is 0 Å². The zero-order valence-corrected chi connectivity index (χ0v) is 5.17. The first kappa shape index (κ1) is 4.96. The van der Waals surface area contributed by atoms with Crippen LogP contribution in [-0.2, 0) is 9.59 Å². The summed E-state index contributed by atoms with van der Waals surface area (Å²) < 4.78 is 3.03. The van der Waals surface area contributed by atoms with E-state index in [1.54, 1.807) is 0 Å². The van der Waals surface area contributed by atoms with Gasteiger partial charge >= 0.3 is 37.6 Å². The molecule has 5 heavy (non-hydrogen) atoms. The molecule has 0 atom stereocenters. The molecule has 0 aliphatic carbocycles. The van der Waals surface area contributed by atoms with Crippen LogP contribution in [0.4, 0.5) is 0 Å². The van der Waals surface area contributed by atoms with Gasteiger partial charge < -0.3 is 0 Å². The zero-order chi connectivity index (χ0) is 4.12. The second-order valence-corrected chi connectivity index (χ2v) is 2.21. The van der Waals surface area contributed by atoms with Gasteiger partial charge in [-0.25, -0.2) is 0 Å². The minimum atomic E-state index is -1.39. The van der Waals surface area contributed by atoms with Crippen LogP contribution in [0.3, 0.4) is 0 Å². The molecule has 0 radical (unpaired) electrons. The SMILES string of the molecule is O=[C]=[Sn]=[C]=O. The molecule has 0 unspecified atom stereocenters. The van der Waals surface area contributed by atoms with Gasteiger partial charge in [0, 0.05) is 0 Å². The summed E-state index contributed by atoms with van der Waals surface area (Å²) in [5.41, 5.74) is 0. The number of rotatable bonds is 0. The summed E-state index contributed by atoms with van der Waals surface area (Å²) in [5.74, 6) is 0. The Morgan fingerprint density at radius 1 is 1.20 bits per heavy atom. The molecule has 0 saturated carbocycles. The first-order chi connectivity index (χ1) is 2.41. The molecule has 2 nitrogen and oxygen atoms in total. The molecule has 0 fully saturated rings. The van der Waals surface area contributed by atoms with E-state index in [0.717, 1.165) is 0 Å². The summed E-state index contributed by atoms with van der Waals surface area (Å²) in [6, 6.07) is 0. The Morgan fingerprint density at radius 3 is 1.60 bits per heavy atom. The molecular weight excluding hydrogens is 175 g/mol. The fourth-order valence-electron chi connectivity index (χ4n) is 0.0208. The third kappa shape index (κ3) is 3.96. The van der Waals surface area contributed by atoms with Crippen LogP contribution in [0.15, 0.2) is 0 Å². The van der Waals surface area contributed by atoms with Crippen molar-refractivity contribution in [3.63, 3.8) is 0 Å². The van der Waals surface area contributed by atoms with E-state index in [1.165, 1.54) is 7.77 Å². The maximum atomic E-state index is 9.09. The van der Waals surface area contributed by atoms with E-state index in [1.807, 2.05) is 0 Å². The van der Waals surface area contributed by atoms with Crippen molar-refractivity contribution in [3.05, 3.63) is 0 Å². The van der Waals surface area contributed by atoms with Crippen LogP contribution in [0.2, 0.25) is 0 Å². The minimum absolute atomic E-state index is 1.39. The van der Waals surface area contributed by atoms with Crippen LogP contribution < -0.4 is 0 Å². The Morgan fingerprint density at radius 2 is 1.60 bits per heavy atom. The number of carbonyl (C=O) groups excluding carboxylic acids is 2. The Hall–Kier alpha value is -0.0413. The van der Waals surface area contributed by atoms with E-state index >= 15 is 0 Å². The third-order valence-corrected chi connectivity index (χ3v) is 0.685. The van der Waals surface area contributed by atoms with Crippen LogP contribution in [0.25, 0.3) is 0 Å². The standard InChI is InChI=1S/2CO.Sn/c2*1-2;. The zero-order valence-electron chi connectivity index (χ0n) is 2.32. The third-order valence-electron chi connectivity index (χ3n) is 0.102. The van der Waals surface area contributed by atoms with Gasteiger partial charge in [0.05, 0.1) is 0 Å². The van der Waals surface area contributed by atoms with Crippen molar-refractivity contribution >= 4 is 28.0 Å². The molecule has 0 aliphatic heterocycles. The quantitative estimate of drug-likeness (QED) is 0.434. The molecule has 0 saturated heterocycles. The summed E-state index contributed by atoms with van der Waals surface area (Å²) in [5, 5.41) is 0. The number of hydrogen-bond acceptors (Lipinski definition) is 2. The Kier molecular flexibility index (Phi) is 3.93. The van der Waals surface area contributed by atoms with Crippen molar-refractivity contribution in [2.75, 3.05) is 0 Å². The van der Waals surface area contributed by atoms with Gasteiger partial charge in [0.15, 0.2) is 0 Å². The Balaban J connectivity index is 4.38. The summed E-state index contributed by atoms with van der Waals surface area (Å²) in [6.07, 6.45) is 0. The van der Waals surface area contributed by atoms with Crippen LogP contribution in [0.5, 0.6) is 0 Å². The summed E-state index contributed by atoms with van der Waals surface area (Å²) in [4.78, 5) is 18.2. The molecule has 0 N–H and O–H groups in total. The first-order valence-electron chi connectivity index (χ1n) is 0.908. The predicted octanol–water partition coefficient (Wildman–Crippen LogP) is -1.18. The second kappa shape index (κ2) is 3.96. The molecule has 0 heterocycles. The van der Waals surface area contributed by atoms with Gasteiger partial charge in [-0.2, -0.15) is 0 Å². The monoisotopic (exact) mass is 176 g/mol. The second-order valence-electron chi connectivity index (χ2n) is 0.329. The molecule has 0 rings (SSSR count). The molecular formula is C2O2Sn. The van der Waals surface area contributed by atoms with E-state index in [0.29, 0.717) is 0 Å². The van der Waals surface area contributed by atoms with Crippen molar-refractivity contribution in [3.8, 4) is 0 Å². The summed E-state index contributed by atoms with van der Waals surface area (Å²) in [7, 11) is 0. The van der Waals surface area contributed by atoms with Gasteiger partial charge in [-0.15, -0.1) is 0 Å². The topological polar surface area (TPSA) is 34.1 Å². The van der Waals surface area contributed by atoms with Crippen LogP contribution in [0, 0.1) is 0 Å². The molecule has 3 heteroatoms. The van der Waals surface area contributed by atoms with Crippen LogP contribution in [-0.4, -0.2) is 28.0 Å². The van der Waals surface area contributed by atoms with E-state index in [-0.39, 0.29) is 0 Å². The van der Waals surface area contributed by atoms with E-state index in [9.17, 15) is 0 Å². The van der Waals surface area contributed by atoms with Gasteiger partial charge in [0.25, 0.3) is 0 Å². The Labute approximate surface area is 38.0 Å². The van der Waals surface area contributed by atoms with Crippen molar-refractivity contribution in [2.24, 2.45) is 0 Å². The first-order valence-corrected chi connectivity index (χ1v) is 3.76. The van der Waals surface area contributed by atoms with Crippen LogP contribution in [0.1, 0.15) is 0 Å². The van der Waals surface area contributed by atoms with E-state index < -0.39 is 20.2 Å². The number of hydrogen-bond donors (Lipinski definition) is 0. The summed E-state index contributed by atoms with van der Waals surface area (Å²) in [6.45, 7) is 0. The normalized spacial score (nSPS) is 3.20. The average molecular weight is 175 g/mol. The predicted molar refractivity (Wildman–Crippen MR) is 17.1 cm³/mol. The fraction of sp³-hybridized carbons (Fsp3) is 0. The van der Waals surface area contributed by atoms with Crippen molar-refractivity contribution < 1.29 is 9.59 Å².